The summed E-state index contributed by atoms with van der Waals surface area (Å²) in [5.74, 6) is -0.191. The number of Topliss-reactive ketones (excluding diaryl/α,β-unsaturated/α-hetero) is 1. The van der Waals surface area contributed by atoms with Gasteiger partial charge in [-0.2, -0.15) is 0 Å². The van der Waals surface area contributed by atoms with Gasteiger partial charge >= 0.3 is 5.97 Å². The lowest BCUT2D eigenvalue weighted by Crippen LogP contribution is -2.11. The summed E-state index contributed by atoms with van der Waals surface area (Å²) in [4.78, 5) is 22.9. The summed E-state index contributed by atoms with van der Waals surface area (Å²) in [5, 5.41) is 8.84. The van der Waals surface area contributed by atoms with Crippen LogP contribution in [0.3, 0.4) is 0 Å². The van der Waals surface area contributed by atoms with E-state index in [2.05, 4.69) is 31.2 Å². The standard InChI is InChI=1S/C22H34O3/c1-2-3-11-20(16-17-22(24)25)18-21(23)15-10-5-4-7-12-19-13-8-6-9-14-19/h6,8-9,13-14,20H,2-5,7,10-12,15-18H2,1H3,(H,24,25)/t20-/m1/s1. The van der Waals surface area contributed by atoms with Crippen molar-refractivity contribution < 1.29 is 14.7 Å². The number of benzene rings is 1. The number of carboxylic acids is 1. The smallest absolute Gasteiger partial charge is 0.303 e. The fourth-order valence-electron chi connectivity index (χ4n) is 3.24. The van der Waals surface area contributed by atoms with Crippen molar-refractivity contribution in [2.75, 3.05) is 0 Å². The highest BCUT2D eigenvalue weighted by atomic mass is 16.4. The second-order valence-electron chi connectivity index (χ2n) is 7.08. The summed E-state index contributed by atoms with van der Waals surface area (Å²) in [6.07, 6.45) is 10.7. The van der Waals surface area contributed by atoms with Crippen LogP contribution in [0.5, 0.6) is 0 Å². The Morgan fingerprint density at radius 2 is 1.64 bits per heavy atom. The number of aliphatic carboxylic acids is 1. The van der Waals surface area contributed by atoms with Crippen LogP contribution in [0.15, 0.2) is 30.3 Å². The fourth-order valence-corrected chi connectivity index (χ4v) is 3.24. The van der Waals surface area contributed by atoms with E-state index >= 15 is 0 Å². The zero-order chi connectivity index (χ0) is 18.3. The molecule has 0 aromatic heterocycles. The van der Waals surface area contributed by atoms with Gasteiger partial charge in [-0.15, -0.1) is 0 Å². The summed E-state index contributed by atoms with van der Waals surface area (Å²) >= 11 is 0. The van der Waals surface area contributed by atoms with Gasteiger partial charge in [0.05, 0.1) is 0 Å². The number of hydrogen-bond donors (Lipinski definition) is 1. The number of unbranched alkanes of at least 4 members (excludes halogenated alkanes) is 4. The highest BCUT2D eigenvalue weighted by Gasteiger charge is 2.15. The van der Waals surface area contributed by atoms with Gasteiger partial charge in [0.2, 0.25) is 0 Å². The van der Waals surface area contributed by atoms with Crippen LogP contribution >= 0.6 is 0 Å². The molecule has 1 aromatic carbocycles. The predicted octanol–water partition coefficient (Wildman–Crippen LogP) is 5.81. The quantitative estimate of drug-likeness (QED) is 0.408. The molecule has 25 heavy (non-hydrogen) atoms. The molecule has 0 unspecified atom stereocenters. The van der Waals surface area contributed by atoms with Crippen molar-refractivity contribution in [1.29, 1.82) is 0 Å². The molecule has 1 aromatic rings. The molecule has 0 fully saturated rings. The van der Waals surface area contributed by atoms with E-state index in [-0.39, 0.29) is 12.3 Å². The van der Waals surface area contributed by atoms with Crippen molar-refractivity contribution in [3.05, 3.63) is 35.9 Å². The minimum atomic E-state index is -0.757. The molecule has 0 heterocycles. The minimum Gasteiger partial charge on any atom is -0.481 e. The van der Waals surface area contributed by atoms with Crippen molar-refractivity contribution in [3.63, 3.8) is 0 Å². The van der Waals surface area contributed by atoms with E-state index in [9.17, 15) is 9.59 Å². The normalized spacial score (nSPS) is 12.0. The summed E-state index contributed by atoms with van der Waals surface area (Å²) < 4.78 is 0. The average molecular weight is 347 g/mol. The van der Waals surface area contributed by atoms with Crippen LogP contribution in [0.4, 0.5) is 0 Å². The first-order chi connectivity index (χ1) is 12.1. The molecule has 140 valence electrons. The molecule has 0 aliphatic carbocycles. The lowest BCUT2D eigenvalue weighted by molar-refractivity contribution is -0.137. The molecule has 1 atom stereocenters. The van der Waals surface area contributed by atoms with Crippen LogP contribution in [0, 0.1) is 5.92 Å². The number of rotatable bonds is 15. The second kappa shape index (κ2) is 13.6. The first kappa shape index (κ1) is 21.4. The fraction of sp³-hybridized carbons (Fsp3) is 0.636. The van der Waals surface area contributed by atoms with Gasteiger partial charge in [0, 0.05) is 19.3 Å². The minimum absolute atomic E-state index is 0.182. The van der Waals surface area contributed by atoms with Crippen molar-refractivity contribution in [1.82, 2.24) is 0 Å². The van der Waals surface area contributed by atoms with Crippen LogP contribution in [0.2, 0.25) is 0 Å². The van der Waals surface area contributed by atoms with E-state index in [4.69, 9.17) is 5.11 Å². The van der Waals surface area contributed by atoms with Crippen LogP contribution in [0.25, 0.3) is 0 Å². The lowest BCUT2D eigenvalue weighted by atomic mass is 9.90. The van der Waals surface area contributed by atoms with E-state index in [1.165, 1.54) is 18.4 Å². The molecule has 0 spiro atoms. The summed E-state index contributed by atoms with van der Waals surface area (Å²) in [6, 6.07) is 10.5. The Balaban J connectivity index is 2.13. The van der Waals surface area contributed by atoms with Gasteiger partial charge in [-0.1, -0.05) is 69.4 Å². The molecule has 3 heteroatoms. The van der Waals surface area contributed by atoms with Crippen molar-refractivity contribution in [2.45, 2.75) is 84.0 Å². The molecule has 0 bridgehead atoms. The largest absolute Gasteiger partial charge is 0.481 e. The maximum absolute atomic E-state index is 12.2. The lowest BCUT2D eigenvalue weighted by Gasteiger charge is -2.14. The molecular weight excluding hydrogens is 312 g/mol. The topological polar surface area (TPSA) is 54.4 Å². The zero-order valence-corrected chi connectivity index (χ0v) is 15.7. The van der Waals surface area contributed by atoms with Gasteiger partial charge in [-0.3, -0.25) is 9.59 Å². The SMILES string of the molecule is CCCC[C@H](CCC(=O)O)CC(=O)CCCCCCc1ccccc1. The average Bonchev–Trinajstić information content (AvgIpc) is 2.61. The van der Waals surface area contributed by atoms with Gasteiger partial charge in [-0.05, 0) is 37.2 Å². The van der Waals surface area contributed by atoms with E-state index in [1.807, 2.05) is 6.07 Å². The number of carbonyl (C=O) groups excluding carboxylic acids is 1. The molecule has 0 radical (unpaired) electrons. The van der Waals surface area contributed by atoms with E-state index in [0.29, 0.717) is 25.0 Å². The molecule has 0 aliphatic heterocycles. The number of ketones is 1. The third kappa shape index (κ3) is 11.5. The van der Waals surface area contributed by atoms with E-state index in [1.54, 1.807) is 0 Å². The first-order valence-electron chi connectivity index (χ1n) is 9.89. The molecule has 1 N–H and O–H groups in total. The molecule has 0 amide bonds. The molecule has 3 nitrogen and oxygen atoms in total. The Hall–Kier alpha value is -1.64. The Morgan fingerprint density at radius 3 is 2.32 bits per heavy atom. The summed E-state index contributed by atoms with van der Waals surface area (Å²) in [5.41, 5.74) is 1.38. The van der Waals surface area contributed by atoms with Crippen molar-refractivity contribution in [3.8, 4) is 0 Å². The highest BCUT2D eigenvalue weighted by molar-refractivity contribution is 5.78. The van der Waals surface area contributed by atoms with Gasteiger partial charge in [0.1, 0.15) is 5.78 Å². The zero-order valence-electron chi connectivity index (χ0n) is 15.7. The first-order valence-corrected chi connectivity index (χ1v) is 9.89. The van der Waals surface area contributed by atoms with Gasteiger partial charge in [-0.25, -0.2) is 0 Å². The number of carboxylic acid groups (broad SMARTS) is 1. The van der Waals surface area contributed by atoms with Crippen LogP contribution in [-0.2, 0) is 16.0 Å². The van der Waals surface area contributed by atoms with Crippen LogP contribution in [0.1, 0.15) is 83.1 Å². The molecule has 0 saturated heterocycles. The Kier molecular flexibility index (Phi) is 11.7. The maximum Gasteiger partial charge on any atom is 0.303 e. The monoisotopic (exact) mass is 346 g/mol. The van der Waals surface area contributed by atoms with Crippen LogP contribution in [-0.4, -0.2) is 16.9 Å². The predicted molar refractivity (Wildman–Crippen MR) is 103 cm³/mol. The summed E-state index contributed by atoms with van der Waals surface area (Å²) in [7, 11) is 0. The third-order valence-electron chi connectivity index (χ3n) is 4.76. The van der Waals surface area contributed by atoms with Crippen molar-refractivity contribution in [2.24, 2.45) is 5.92 Å². The van der Waals surface area contributed by atoms with E-state index in [0.717, 1.165) is 38.5 Å². The summed E-state index contributed by atoms with van der Waals surface area (Å²) in [6.45, 7) is 2.13. The third-order valence-corrected chi connectivity index (χ3v) is 4.76. The molecule has 1 rings (SSSR count). The van der Waals surface area contributed by atoms with Crippen molar-refractivity contribution >= 4 is 11.8 Å². The van der Waals surface area contributed by atoms with Gasteiger partial charge < -0.3 is 5.11 Å². The van der Waals surface area contributed by atoms with Crippen LogP contribution < -0.4 is 0 Å². The van der Waals surface area contributed by atoms with Gasteiger partial charge in [0.15, 0.2) is 0 Å². The number of carbonyl (C=O) groups is 2. The highest BCUT2D eigenvalue weighted by Crippen LogP contribution is 2.21. The molecule has 0 saturated carbocycles. The second-order valence-corrected chi connectivity index (χ2v) is 7.08. The number of aryl methyl sites for hydroxylation is 1. The maximum atomic E-state index is 12.2. The molecular formula is C22H34O3. The molecule has 0 aliphatic rings. The number of hydrogen-bond acceptors (Lipinski definition) is 2. The Morgan fingerprint density at radius 1 is 0.920 bits per heavy atom. The van der Waals surface area contributed by atoms with Gasteiger partial charge in [0.25, 0.3) is 0 Å². The Bertz CT molecular complexity index is 481. The Labute approximate surface area is 152 Å². The van der Waals surface area contributed by atoms with E-state index < -0.39 is 5.97 Å².